The molecule has 9 heteroatoms. The number of carboxylic acid groups (broad SMARTS) is 1. The quantitative estimate of drug-likeness (QED) is 0.733. The van der Waals surface area contributed by atoms with Crippen LogP contribution in [0, 0.1) is 5.82 Å². The standard InChI is InChI=1S/C22H31FN4O4/c1-6-22(24-20(30)31-21(3,4)5)8-10-26(11-9-22)16-12-15(23)17(19(28)29)18-14(16)13-27(7-2)25-18/h12-13H,6-11H2,1-5H3,(H,24,30)(H,28,29). The number of aryl methyl sites for hydroxylation is 1. The summed E-state index contributed by atoms with van der Waals surface area (Å²) in [4.78, 5) is 26.0. The highest BCUT2D eigenvalue weighted by Crippen LogP contribution is 2.35. The zero-order chi connectivity index (χ0) is 23.0. The van der Waals surface area contributed by atoms with Gasteiger partial charge in [-0.2, -0.15) is 5.10 Å². The Kier molecular flexibility index (Phi) is 6.16. The lowest BCUT2D eigenvalue weighted by molar-refractivity contribution is 0.0431. The summed E-state index contributed by atoms with van der Waals surface area (Å²) in [5.41, 5.74) is -0.598. The molecule has 1 aromatic heterocycles. The van der Waals surface area contributed by atoms with Gasteiger partial charge in [-0.1, -0.05) is 6.92 Å². The lowest BCUT2D eigenvalue weighted by atomic mass is 9.84. The van der Waals surface area contributed by atoms with E-state index in [9.17, 15) is 19.1 Å². The van der Waals surface area contributed by atoms with E-state index in [4.69, 9.17) is 4.74 Å². The van der Waals surface area contributed by atoms with Crippen LogP contribution in [0.15, 0.2) is 12.3 Å². The van der Waals surface area contributed by atoms with Crippen molar-refractivity contribution in [1.82, 2.24) is 15.1 Å². The number of nitrogens with zero attached hydrogens (tertiary/aromatic N) is 3. The van der Waals surface area contributed by atoms with Gasteiger partial charge in [-0.15, -0.1) is 0 Å². The molecule has 170 valence electrons. The third kappa shape index (κ3) is 4.75. The van der Waals surface area contributed by atoms with Gasteiger partial charge in [-0.25, -0.2) is 14.0 Å². The molecule has 2 N–H and O–H groups in total. The molecule has 1 amide bonds. The number of benzene rings is 1. The van der Waals surface area contributed by atoms with E-state index in [1.54, 1.807) is 10.9 Å². The second-order valence-corrected chi connectivity index (χ2v) is 9.05. The van der Waals surface area contributed by atoms with Crippen LogP contribution in [0.25, 0.3) is 10.9 Å². The minimum atomic E-state index is -1.33. The van der Waals surface area contributed by atoms with Crippen molar-refractivity contribution in [3.63, 3.8) is 0 Å². The maximum Gasteiger partial charge on any atom is 0.408 e. The lowest BCUT2D eigenvalue weighted by Gasteiger charge is -2.43. The van der Waals surface area contributed by atoms with Crippen molar-refractivity contribution in [1.29, 1.82) is 0 Å². The number of carbonyl (C=O) groups excluding carboxylic acids is 1. The first-order chi connectivity index (χ1) is 14.5. The topological polar surface area (TPSA) is 96.7 Å². The molecule has 3 rings (SSSR count). The first-order valence-electron chi connectivity index (χ1n) is 10.7. The average molecular weight is 435 g/mol. The van der Waals surface area contributed by atoms with Crippen LogP contribution in [0.5, 0.6) is 0 Å². The zero-order valence-electron chi connectivity index (χ0n) is 18.8. The monoisotopic (exact) mass is 434 g/mol. The van der Waals surface area contributed by atoms with Crippen LogP contribution in [0.2, 0.25) is 0 Å². The van der Waals surface area contributed by atoms with E-state index < -0.39 is 34.6 Å². The molecule has 1 aliphatic heterocycles. The number of carbonyl (C=O) groups is 2. The normalized spacial score (nSPS) is 16.4. The summed E-state index contributed by atoms with van der Waals surface area (Å²) in [6, 6.07) is 1.29. The summed E-state index contributed by atoms with van der Waals surface area (Å²) in [7, 11) is 0. The Hall–Kier alpha value is -2.84. The summed E-state index contributed by atoms with van der Waals surface area (Å²) in [6.45, 7) is 11.1. The largest absolute Gasteiger partial charge is 0.478 e. The summed E-state index contributed by atoms with van der Waals surface area (Å²) < 4.78 is 21.8. The second kappa shape index (κ2) is 8.36. The third-order valence-corrected chi connectivity index (χ3v) is 5.82. The lowest BCUT2D eigenvalue weighted by Crippen LogP contribution is -2.56. The molecule has 0 bridgehead atoms. The van der Waals surface area contributed by atoms with Crippen molar-refractivity contribution in [3.05, 3.63) is 23.6 Å². The van der Waals surface area contributed by atoms with Gasteiger partial charge in [0.05, 0.1) is 5.69 Å². The number of aromatic nitrogens is 2. The number of alkyl carbamates (subject to hydrolysis) is 1. The number of rotatable bonds is 5. The molecule has 2 aromatic rings. The number of amides is 1. The molecule has 1 aromatic carbocycles. The Morgan fingerprint density at radius 1 is 1.29 bits per heavy atom. The number of aromatic carboxylic acids is 1. The molecule has 0 radical (unpaired) electrons. The third-order valence-electron chi connectivity index (χ3n) is 5.82. The van der Waals surface area contributed by atoms with Crippen LogP contribution in [-0.2, 0) is 11.3 Å². The minimum absolute atomic E-state index is 0.156. The first kappa shape index (κ1) is 22.8. The van der Waals surface area contributed by atoms with Crippen molar-refractivity contribution >= 4 is 28.7 Å². The number of hydrogen-bond donors (Lipinski definition) is 2. The number of halogens is 1. The molecule has 0 aliphatic carbocycles. The number of ether oxygens (including phenoxy) is 1. The molecule has 2 heterocycles. The Labute approximate surface area is 181 Å². The number of piperidine rings is 1. The number of anilines is 1. The molecule has 1 fully saturated rings. The maximum atomic E-state index is 14.7. The molecule has 0 saturated carbocycles. The van der Waals surface area contributed by atoms with Crippen LogP contribution >= 0.6 is 0 Å². The number of carboxylic acids is 1. The van der Waals surface area contributed by atoms with Crippen LogP contribution in [0.4, 0.5) is 14.9 Å². The fourth-order valence-corrected chi connectivity index (χ4v) is 4.07. The van der Waals surface area contributed by atoms with Crippen molar-refractivity contribution in [2.24, 2.45) is 0 Å². The van der Waals surface area contributed by atoms with Gasteiger partial charge in [0.2, 0.25) is 0 Å². The fraction of sp³-hybridized carbons (Fsp3) is 0.591. The van der Waals surface area contributed by atoms with Gasteiger partial charge >= 0.3 is 12.1 Å². The van der Waals surface area contributed by atoms with Gasteiger partial charge < -0.3 is 20.1 Å². The van der Waals surface area contributed by atoms with E-state index >= 15 is 0 Å². The molecule has 1 saturated heterocycles. The van der Waals surface area contributed by atoms with Crippen LogP contribution < -0.4 is 10.2 Å². The van der Waals surface area contributed by atoms with Crippen LogP contribution in [-0.4, -0.2) is 51.2 Å². The van der Waals surface area contributed by atoms with Gasteiger partial charge in [0, 0.05) is 36.8 Å². The van der Waals surface area contributed by atoms with E-state index in [2.05, 4.69) is 10.4 Å². The summed E-state index contributed by atoms with van der Waals surface area (Å²) in [5.74, 6) is -2.13. The van der Waals surface area contributed by atoms with Crippen LogP contribution in [0.1, 0.15) is 64.2 Å². The van der Waals surface area contributed by atoms with Gasteiger partial charge in [0.25, 0.3) is 0 Å². The second-order valence-electron chi connectivity index (χ2n) is 9.05. The highest BCUT2D eigenvalue weighted by atomic mass is 19.1. The fourth-order valence-electron chi connectivity index (χ4n) is 4.07. The Morgan fingerprint density at radius 2 is 1.94 bits per heavy atom. The van der Waals surface area contributed by atoms with Crippen molar-refractivity contribution in [2.45, 2.75) is 71.6 Å². The SMILES string of the molecule is CCn1cc2c(N3CCC(CC)(NC(=O)OC(C)(C)C)CC3)cc(F)c(C(=O)O)c2n1. The molecule has 0 spiro atoms. The predicted molar refractivity (Wildman–Crippen MR) is 116 cm³/mol. The smallest absolute Gasteiger partial charge is 0.408 e. The number of fused-ring (bicyclic) bond motifs is 1. The maximum absolute atomic E-state index is 14.7. The van der Waals surface area contributed by atoms with Gasteiger partial charge in [0.15, 0.2) is 0 Å². The van der Waals surface area contributed by atoms with Gasteiger partial charge in [0.1, 0.15) is 22.5 Å². The van der Waals surface area contributed by atoms with Gasteiger partial charge in [-0.3, -0.25) is 4.68 Å². The molecular formula is C22H31FN4O4. The average Bonchev–Trinajstić information content (AvgIpc) is 3.10. The summed E-state index contributed by atoms with van der Waals surface area (Å²) in [5, 5.41) is 17.4. The van der Waals surface area contributed by atoms with E-state index in [0.29, 0.717) is 43.5 Å². The van der Waals surface area contributed by atoms with E-state index in [1.165, 1.54) is 6.07 Å². The molecule has 8 nitrogen and oxygen atoms in total. The molecule has 0 unspecified atom stereocenters. The Balaban J connectivity index is 1.86. The molecular weight excluding hydrogens is 403 g/mol. The molecule has 31 heavy (non-hydrogen) atoms. The van der Waals surface area contributed by atoms with Crippen LogP contribution in [0.3, 0.4) is 0 Å². The van der Waals surface area contributed by atoms with Crippen molar-refractivity contribution in [2.75, 3.05) is 18.0 Å². The van der Waals surface area contributed by atoms with E-state index in [-0.39, 0.29) is 5.52 Å². The van der Waals surface area contributed by atoms with Gasteiger partial charge in [-0.05, 0) is 53.0 Å². The zero-order valence-corrected chi connectivity index (χ0v) is 18.8. The van der Waals surface area contributed by atoms with Crippen molar-refractivity contribution < 1.29 is 23.8 Å². The molecule has 0 atom stereocenters. The summed E-state index contributed by atoms with van der Waals surface area (Å²) in [6.07, 6.45) is 3.39. The van der Waals surface area contributed by atoms with Crippen molar-refractivity contribution in [3.8, 4) is 0 Å². The van der Waals surface area contributed by atoms with E-state index in [1.807, 2.05) is 39.5 Å². The Bertz CT molecular complexity index is 988. The number of nitrogens with one attached hydrogen (secondary N) is 1. The first-order valence-corrected chi connectivity index (χ1v) is 10.7. The highest BCUT2D eigenvalue weighted by molar-refractivity contribution is 6.06. The Morgan fingerprint density at radius 3 is 2.45 bits per heavy atom. The molecule has 1 aliphatic rings. The predicted octanol–water partition coefficient (Wildman–Crippen LogP) is 4.17. The number of hydrogen-bond acceptors (Lipinski definition) is 5. The van der Waals surface area contributed by atoms with E-state index in [0.717, 1.165) is 6.42 Å². The summed E-state index contributed by atoms with van der Waals surface area (Å²) >= 11 is 0. The highest BCUT2D eigenvalue weighted by Gasteiger charge is 2.36. The minimum Gasteiger partial charge on any atom is -0.478 e.